The van der Waals surface area contributed by atoms with Crippen molar-refractivity contribution in [2.45, 2.75) is 19.8 Å². The first-order valence-corrected chi connectivity index (χ1v) is 2.32. The van der Waals surface area contributed by atoms with Gasteiger partial charge in [-0.3, -0.25) is 0 Å². The topological polar surface area (TPSA) is 12.4 Å². The van der Waals surface area contributed by atoms with Crippen LogP contribution < -0.4 is 0 Å². The van der Waals surface area contributed by atoms with E-state index in [4.69, 9.17) is 0 Å². The van der Waals surface area contributed by atoms with Gasteiger partial charge in [-0.15, -0.1) is 0 Å². The third-order valence-corrected chi connectivity index (χ3v) is 0.600. The number of hydrogen-bond acceptors (Lipinski definition) is 1. The largest absolute Gasteiger partial charge is 0.301 e. The number of unbranched alkanes of at least 4 members (excludes halogenated alkanes) is 1. The highest BCUT2D eigenvalue weighted by Crippen LogP contribution is 1.77. The zero-order valence-corrected chi connectivity index (χ0v) is 4.44. The predicted molar refractivity (Wildman–Crippen MR) is 29.3 cm³/mol. The monoisotopic (exact) mass is 85.1 g/mol. The van der Waals surface area contributed by atoms with Crippen molar-refractivity contribution in [2.24, 2.45) is 4.99 Å². The van der Waals surface area contributed by atoms with Crippen molar-refractivity contribution in [1.82, 2.24) is 0 Å². The third kappa shape index (κ3) is 3.67. The summed E-state index contributed by atoms with van der Waals surface area (Å²) in [5, 5.41) is 0. The Morgan fingerprint density at radius 2 is 2.33 bits per heavy atom. The van der Waals surface area contributed by atoms with Crippen LogP contribution in [0.3, 0.4) is 0 Å². The van der Waals surface area contributed by atoms with Crippen LogP contribution >= 0.6 is 0 Å². The Balaban J connectivity index is 2.66. The predicted octanol–water partition coefficient (Wildman–Crippen LogP) is 1.49. The zero-order chi connectivity index (χ0) is 4.83. The van der Waals surface area contributed by atoms with Crippen LogP contribution in [0.15, 0.2) is 4.99 Å². The quantitative estimate of drug-likeness (QED) is 0.450. The Morgan fingerprint density at radius 3 is 2.50 bits per heavy atom. The molecule has 0 saturated heterocycles. The van der Waals surface area contributed by atoms with Gasteiger partial charge in [-0.25, -0.2) is 0 Å². The molecule has 0 amide bonds. The Kier molecular flexibility index (Phi) is 4.41. The van der Waals surface area contributed by atoms with Crippen LogP contribution in [-0.4, -0.2) is 13.3 Å². The maximum Gasteiger partial charge on any atom is 0.0273 e. The molecule has 1 nitrogen and oxygen atoms in total. The van der Waals surface area contributed by atoms with Crippen LogP contribution in [0.1, 0.15) is 19.8 Å². The van der Waals surface area contributed by atoms with Crippen LogP contribution in [0.25, 0.3) is 0 Å². The molecular weight excluding hydrogens is 74.1 g/mol. The fourth-order valence-corrected chi connectivity index (χ4v) is 0.258. The highest BCUT2D eigenvalue weighted by Gasteiger charge is 1.66. The summed E-state index contributed by atoms with van der Waals surface area (Å²) in [5.74, 6) is 0. The van der Waals surface area contributed by atoms with E-state index in [1.807, 2.05) is 6.21 Å². The number of rotatable bonds is 2. The standard InChI is InChI=1S/C5H11N/c1-3-4-5-6-2/h5H,3-4H2,1-2H3/b6-5+. The normalized spacial score (nSPS) is 10.3. The molecule has 0 saturated carbocycles. The molecule has 6 heavy (non-hydrogen) atoms. The Hall–Kier alpha value is -0.330. The molecule has 0 radical (unpaired) electrons. The van der Waals surface area contributed by atoms with Gasteiger partial charge >= 0.3 is 0 Å². The van der Waals surface area contributed by atoms with Crippen molar-refractivity contribution in [3.8, 4) is 0 Å². The average molecular weight is 85.1 g/mol. The van der Waals surface area contributed by atoms with Crippen molar-refractivity contribution < 1.29 is 0 Å². The summed E-state index contributed by atoms with van der Waals surface area (Å²) < 4.78 is 0. The smallest absolute Gasteiger partial charge is 0.0273 e. The molecule has 0 unspecified atom stereocenters. The van der Waals surface area contributed by atoms with Crippen LogP contribution in [0.4, 0.5) is 0 Å². The highest BCUT2D eigenvalue weighted by atomic mass is 14.6. The second-order valence-corrected chi connectivity index (χ2v) is 1.23. The maximum atomic E-state index is 3.80. The maximum absolute atomic E-state index is 3.80. The van der Waals surface area contributed by atoms with Crippen molar-refractivity contribution in [2.75, 3.05) is 7.05 Å². The molecular formula is C5H11N. The van der Waals surface area contributed by atoms with Crippen LogP contribution in [0.5, 0.6) is 0 Å². The van der Waals surface area contributed by atoms with Gasteiger partial charge < -0.3 is 4.99 Å². The Bertz CT molecular complexity index is 39.2. The number of aliphatic imine (C=N–C) groups is 1. The Labute approximate surface area is 39.1 Å². The first kappa shape index (κ1) is 5.67. The van der Waals surface area contributed by atoms with Crippen LogP contribution in [0, 0.1) is 0 Å². The summed E-state index contributed by atoms with van der Waals surface area (Å²) in [5.41, 5.74) is 0. The molecule has 0 rings (SSSR count). The molecule has 0 spiro atoms. The first-order valence-electron chi connectivity index (χ1n) is 2.32. The van der Waals surface area contributed by atoms with Gasteiger partial charge in [0.15, 0.2) is 0 Å². The SMILES string of the molecule is CCC/C=N/C. The van der Waals surface area contributed by atoms with E-state index in [-0.39, 0.29) is 0 Å². The summed E-state index contributed by atoms with van der Waals surface area (Å²) in [4.78, 5) is 3.80. The molecule has 0 N–H and O–H groups in total. The van der Waals surface area contributed by atoms with Crippen molar-refractivity contribution in [1.29, 1.82) is 0 Å². The molecule has 0 aliphatic rings. The lowest BCUT2D eigenvalue weighted by molar-refractivity contribution is 1.01. The minimum Gasteiger partial charge on any atom is -0.301 e. The van der Waals surface area contributed by atoms with Gasteiger partial charge in [0, 0.05) is 7.05 Å². The molecule has 0 fully saturated rings. The molecule has 0 atom stereocenters. The van der Waals surface area contributed by atoms with Crippen molar-refractivity contribution in [3.63, 3.8) is 0 Å². The molecule has 0 aromatic rings. The summed E-state index contributed by atoms with van der Waals surface area (Å²) in [7, 11) is 1.80. The lowest BCUT2D eigenvalue weighted by Gasteiger charge is -1.75. The van der Waals surface area contributed by atoms with Gasteiger partial charge in [0.1, 0.15) is 0 Å². The molecule has 0 aliphatic heterocycles. The van der Waals surface area contributed by atoms with E-state index in [1.54, 1.807) is 7.05 Å². The van der Waals surface area contributed by atoms with E-state index in [9.17, 15) is 0 Å². The lowest BCUT2D eigenvalue weighted by atomic mass is 10.4. The molecule has 0 aromatic carbocycles. The molecule has 0 heterocycles. The van der Waals surface area contributed by atoms with E-state index >= 15 is 0 Å². The van der Waals surface area contributed by atoms with E-state index in [0.717, 1.165) is 6.42 Å². The number of nitrogens with zero attached hydrogens (tertiary/aromatic N) is 1. The summed E-state index contributed by atoms with van der Waals surface area (Å²) in [6, 6.07) is 0. The molecule has 0 aromatic heterocycles. The average Bonchev–Trinajstić information content (AvgIpc) is 1.61. The summed E-state index contributed by atoms with van der Waals surface area (Å²) >= 11 is 0. The van der Waals surface area contributed by atoms with Crippen molar-refractivity contribution >= 4 is 6.21 Å². The van der Waals surface area contributed by atoms with Gasteiger partial charge in [-0.2, -0.15) is 0 Å². The zero-order valence-electron chi connectivity index (χ0n) is 4.44. The van der Waals surface area contributed by atoms with Gasteiger partial charge in [0.25, 0.3) is 0 Å². The Morgan fingerprint density at radius 1 is 1.67 bits per heavy atom. The van der Waals surface area contributed by atoms with E-state index in [2.05, 4.69) is 11.9 Å². The summed E-state index contributed by atoms with van der Waals surface area (Å²) in [6.07, 6.45) is 4.26. The van der Waals surface area contributed by atoms with Gasteiger partial charge in [-0.1, -0.05) is 13.3 Å². The highest BCUT2D eigenvalue weighted by molar-refractivity contribution is 5.56. The minimum absolute atomic E-state index is 1.12. The fraction of sp³-hybridized carbons (Fsp3) is 0.800. The van der Waals surface area contributed by atoms with E-state index in [1.165, 1.54) is 6.42 Å². The molecule has 0 aliphatic carbocycles. The lowest BCUT2D eigenvalue weighted by Crippen LogP contribution is -1.67. The summed E-state index contributed by atoms with van der Waals surface area (Å²) in [6.45, 7) is 2.14. The van der Waals surface area contributed by atoms with E-state index in [0.29, 0.717) is 0 Å². The third-order valence-electron chi connectivity index (χ3n) is 0.600. The second-order valence-electron chi connectivity index (χ2n) is 1.23. The van der Waals surface area contributed by atoms with Gasteiger partial charge in [0.05, 0.1) is 0 Å². The van der Waals surface area contributed by atoms with Crippen LogP contribution in [0.2, 0.25) is 0 Å². The van der Waals surface area contributed by atoms with E-state index < -0.39 is 0 Å². The molecule has 36 valence electrons. The number of hydrogen-bond donors (Lipinski definition) is 0. The first-order chi connectivity index (χ1) is 2.91. The second kappa shape index (κ2) is 4.67. The molecule has 1 heteroatoms. The van der Waals surface area contributed by atoms with Crippen molar-refractivity contribution in [3.05, 3.63) is 0 Å². The van der Waals surface area contributed by atoms with Crippen LogP contribution in [-0.2, 0) is 0 Å². The fourth-order valence-electron chi connectivity index (χ4n) is 0.258. The van der Waals surface area contributed by atoms with Gasteiger partial charge in [0.2, 0.25) is 0 Å². The van der Waals surface area contributed by atoms with Gasteiger partial charge in [-0.05, 0) is 12.6 Å². The molecule has 0 bridgehead atoms. The minimum atomic E-state index is 1.12.